The van der Waals surface area contributed by atoms with E-state index in [1.165, 1.54) is 6.92 Å². The zero-order chi connectivity index (χ0) is 30.8. The lowest BCUT2D eigenvalue weighted by Gasteiger charge is -2.34. The summed E-state index contributed by atoms with van der Waals surface area (Å²) in [7, 11) is 5.44. The second-order valence-corrected chi connectivity index (χ2v) is 11.9. The maximum absolute atomic E-state index is 13.2. The van der Waals surface area contributed by atoms with Crippen LogP contribution in [0.5, 0.6) is 0 Å². The highest BCUT2D eigenvalue weighted by Crippen LogP contribution is 2.22. The number of rotatable bonds is 22. The van der Waals surface area contributed by atoms with E-state index in [1.807, 2.05) is 51.9 Å². The molecule has 5 atom stereocenters. The molecule has 0 spiro atoms. The second-order valence-electron chi connectivity index (χ2n) is 11.9. The predicted molar refractivity (Wildman–Crippen MR) is 163 cm³/mol. The first-order chi connectivity index (χ1) is 18.8. The molecule has 0 aromatic heterocycles. The fraction of sp³-hybridized carbons (Fsp3) is 0.750. The molecule has 8 nitrogen and oxygen atoms in total. The maximum Gasteiger partial charge on any atom is 0.302 e. The number of allylic oxidation sites excluding steroid dienone is 3. The molecule has 0 bridgehead atoms. The largest absolute Gasteiger partial charge is 0.460 e. The summed E-state index contributed by atoms with van der Waals surface area (Å²) in [5, 5.41) is 6.02. The van der Waals surface area contributed by atoms with Gasteiger partial charge >= 0.3 is 5.97 Å². The van der Waals surface area contributed by atoms with Crippen molar-refractivity contribution in [3.63, 3.8) is 0 Å². The molecule has 0 saturated carbocycles. The molecular weight excluding hydrogens is 506 g/mol. The summed E-state index contributed by atoms with van der Waals surface area (Å²) in [6.07, 6.45) is 10.2. The van der Waals surface area contributed by atoms with E-state index in [0.29, 0.717) is 44.4 Å². The Labute approximate surface area is 243 Å². The molecule has 0 aliphatic rings. The Bertz CT molecular complexity index is 821. The smallest absolute Gasteiger partial charge is 0.302 e. The highest BCUT2D eigenvalue weighted by Gasteiger charge is 2.35. The van der Waals surface area contributed by atoms with Gasteiger partial charge in [-0.05, 0) is 64.6 Å². The second kappa shape index (κ2) is 20.5. The van der Waals surface area contributed by atoms with Gasteiger partial charge in [0.25, 0.3) is 0 Å². The number of carbonyl (C=O) groups is 4. The van der Waals surface area contributed by atoms with Crippen molar-refractivity contribution < 1.29 is 23.9 Å². The fourth-order valence-electron chi connectivity index (χ4n) is 4.93. The van der Waals surface area contributed by atoms with Crippen LogP contribution in [-0.2, 0) is 23.9 Å². The van der Waals surface area contributed by atoms with Crippen molar-refractivity contribution in [3.05, 3.63) is 24.8 Å². The van der Waals surface area contributed by atoms with Gasteiger partial charge in [-0.15, -0.1) is 0 Å². The highest BCUT2D eigenvalue weighted by molar-refractivity contribution is 5.91. The average molecular weight is 564 g/mol. The monoisotopic (exact) mass is 563 g/mol. The van der Waals surface area contributed by atoms with Crippen LogP contribution >= 0.6 is 0 Å². The lowest BCUT2D eigenvalue weighted by molar-refractivity contribution is -0.155. The number of ketones is 2. The van der Waals surface area contributed by atoms with E-state index in [1.54, 1.807) is 13.1 Å². The minimum absolute atomic E-state index is 0.00779. The number of hydrogen-bond acceptors (Lipinski definition) is 7. The van der Waals surface area contributed by atoms with Crippen molar-refractivity contribution in [3.8, 4) is 0 Å². The zero-order valence-electron chi connectivity index (χ0n) is 26.6. The molecule has 8 heteroatoms. The standard InChI is InChI=1S/C32H57N3O5/c1-11-12-15-18-24(6)31(40-25(7)36)30(35(9)10)28(38)20-17-14-13-16-19-27(37)29(23(4)5)34-32(39)26(33-8)21-22(2)3/h11-12,15,22-24,26,29-31,33H,1,13-14,16-21H2,2-10H3,(H,34,39)/b15-12+/t24-,26+,29+,30+,31+/m1/s1. The van der Waals surface area contributed by atoms with Gasteiger partial charge in [-0.3, -0.25) is 24.1 Å². The number of amides is 1. The molecular formula is C32H57N3O5. The van der Waals surface area contributed by atoms with Gasteiger partial charge in [0.2, 0.25) is 5.91 Å². The number of esters is 1. The van der Waals surface area contributed by atoms with E-state index in [2.05, 4.69) is 31.1 Å². The van der Waals surface area contributed by atoms with Crippen LogP contribution in [0.15, 0.2) is 24.8 Å². The van der Waals surface area contributed by atoms with Gasteiger partial charge in [0.05, 0.1) is 12.1 Å². The molecule has 40 heavy (non-hydrogen) atoms. The van der Waals surface area contributed by atoms with Crippen LogP contribution in [0.25, 0.3) is 0 Å². The van der Waals surface area contributed by atoms with E-state index in [-0.39, 0.29) is 35.4 Å². The van der Waals surface area contributed by atoms with Crippen LogP contribution in [0.1, 0.15) is 92.9 Å². The zero-order valence-corrected chi connectivity index (χ0v) is 26.6. The van der Waals surface area contributed by atoms with Gasteiger partial charge < -0.3 is 15.4 Å². The summed E-state index contributed by atoms with van der Waals surface area (Å²) in [6, 6.07) is -1.34. The molecule has 0 saturated heterocycles. The van der Waals surface area contributed by atoms with Gasteiger partial charge in [0.1, 0.15) is 12.1 Å². The van der Waals surface area contributed by atoms with Crippen LogP contribution < -0.4 is 10.6 Å². The molecule has 0 unspecified atom stereocenters. The van der Waals surface area contributed by atoms with Crippen molar-refractivity contribution in [2.45, 2.75) is 117 Å². The van der Waals surface area contributed by atoms with Crippen molar-refractivity contribution in [1.29, 1.82) is 0 Å². The third-order valence-electron chi connectivity index (χ3n) is 7.12. The Morgan fingerprint density at radius 2 is 1.50 bits per heavy atom. The van der Waals surface area contributed by atoms with E-state index < -0.39 is 24.2 Å². The lowest BCUT2D eigenvalue weighted by atomic mass is 9.89. The van der Waals surface area contributed by atoms with Crippen molar-refractivity contribution in [2.24, 2.45) is 17.8 Å². The summed E-state index contributed by atoms with van der Waals surface area (Å²) in [6.45, 7) is 15.1. The molecule has 0 aliphatic carbocycles. The number of carbonyl (C=O) groups excluding carboxylic acids is 4. The van der Waals surface area contributed by atoms with E-state index >= 15 is 0 Å². The summed E-state index contributed by atoms with van der Waals surface area (Å²) in [4.78, 5) is 52.6. The number of unbranched alkanes of at least 4 members (excludes halogenated alkanes) is 3. The number of nitrogens with zero attached hydrogens (tertiary/aromatic N) is 1. The summed E-state index contributed by atoms with van der Waals surface area (Å²) >= 11 is 0. The Morgan fingerprint density at radius 1 is 0.925 bits per heavy atom. The predicted octanol–water partition coefficient (Wildman–Crippen LogP) is 4.87. The molecule has 0 aromatic carbocycles. The van der Waals surface area contributed by atoms with Crippen molar-refractivity contribution in [2.75, 3.05) is 21.1 Å². The average Bonchev–Trinajstić information content (AvgIpc) is 2.86. The number of nitrogens with one attached hydrogen (secondary N) is 2. The molecule has 0 aliphatic heterocycles. The van der Waals surface area contributed by atoms with Gasteiger partial charge in [0, 0.05) is 19.8 Å². The third-order valence-corrected chi connectivity index (χ3v) is 7.12. The maximum atomic E-state index is 13.2. The van der Waals surface area contributed by atoms with Crippen LogP contribution in [-0.4, -0.2) is 73.7 Å². The normalized spacial score (nSPS) is 15.6. The number of likely N-dealkylation sites (N-methyl/N-ethyl adjacent to an activating group) is 2. The first-order valence-electron chi connectivity index (χ1n) is 14.9. The van der Waals surface area contributed by atoms with Gasteiger partial charge in [-0.1, -0.05) is 72.3 Å². The number of ether oxygens (including phenoxy) is 1. The molecule has 1 amide bonds. The van der Waals surface area contributed by atoms with E-state index in [0.717, 1.165) is 12.8 Å². The summed E-state index contributed by atoms with van der Waals surface area (Å²) in [5.41, 5.74) is 0. The molecule has 0 rings (SSSR count). The topological polar surface area (TPSA) is 105 Å². The number of hydrogen-bond donors (Lipinski definition) is 2. The molecule has 0 heterocycles. The minimum Gasteiger partial charge on any atom is -0.460 e. The Hall–Kier alpha value is -2.32. The SMILES string of the molecule is C=C/C=C/C[C@@H](C)[C@H](OC(C)=O)[C@H](C(=O)CCCCCCC(=O)[C@@H](NC(=O)[C@H](CC(C)C)NC)C(C)C)N(C)C. The molecule has 0 aromatic rings. The first-order valence-corrected chi connectivity index (χ1v) is 14.9. The van der Waals surface area contributed by atoms with Crippen LogP contribution in [0.3, 0.4) is 0 Å². The lowest BCUT2D eigenvalue weighted by Crippen LogP contribution is -2.51. The quantitative estimate of drug-likeness (QED) is 0.110. The van der Waals surface area contributed by atoms with Gasteiger partial charge in [-0.25, -0.2) is 0 Å². The molecule has 0 radical (unpaired) electrons. The van der Waals surface area contributed by atoms with Crippen molar-refractivity contribution in [1.82, 2.24) is 15.5 Å². The van der Waals surface area contributed by atoms with Crippen LogP contribution in [0.2, 0.25) is 0 Å². The van der Waals surface area contributed by atoms with Gasteiger partial charge in [0.15, 0.2) is 11.6 Å². The Balaban J connectivity index is 4.90. The molecule has 230 valence electrons. The van der Waals surface area contributed by atoms with E-state index in [4.69, 9.17) is 4.74 Å². The van der Waals surface area contributed by atoms with Gasteiger partial charge in [-0.2, -0.15) is 0 Å². The van der Waals surface area contributed by atoms with Crippen LogP contribution in [0, 0.1) is 17.8 Å². The Kier molecular flexibility index (Phi) is 19.3. The molecule has 2 N–H and O–H groups in total. The summed E-state index contributed by atoms with van der Waals surface area (Å²) < 4.78 is 5.64. The molecule has 0 fully saturated rings. The van der Waals surface area contributed by atoms with Crippen LogP contribution in [0.4, 0.5) is 0 Å². The fourth-order valence-corrected chi connectivity index (χ4v) is 4.93. The van der Waals surface area contributed by atoms with Crippen molar-refractivity contribution >= 4 is 23.4 Å². The summed E-state index contributed by atoms with van der Waals surface area (Å²) in [5.74, 6) is -0.0858. The minimum atomic E-state index is -0.543. The first kappa shape index (κ1) is 37.7. The Morgan fingerprint density at radius 3 is 1.95 bits per heavy atom. The highest BCUT2D eigenvalue weighted by atomic mass is 16.5. The van der Waals surface area contributed by atoms with E-state index in [9.17, 15) is 19.2 Å². The third kappa shape index (κ3) is 14.9. The number of Topliss-reactive ketones (excluding diaryl/α,β-unsaturated/α-hetero) is 2.